The maximum absolute atomic E-state index is 12.0. The van der Waals surface area contributed by atoms with Gasteiger partial charge in [-0.2, -0.15) is 0 Å². The van der Waals surface area contributed by atoms with E-state index in [0.29, 0.717) is 13.1 Å². The molecule has 0 atom stereocenters. The van der Waals surface area contributed by atoms with Gasteiger partial charge in [0.15, 0.2) is 0 Å². The van der Waals surface area contributed by atoms with Crippen LogP contribution in [0.2, 0.25) is 0 Å². The number of hydrogen-bond acceptors (Lipinski definition) is 3. The van der Waals surface area contributed by atoms with Crippen LogP contribution >= 0.6 is 0 Å². The topological polar surface area (TPSA) is 81.8 Å². The Hall–Kier alpha value is -2.57. The average molecular weight is 288 g/mol. The standard InChI is InChI=1S/C14H16N4O3/c1-9-3-2-4-10(5-9)16-14(21)17-7-11(8-17)18-12(19)6-15-13(18)20/h2-5,11H,6-8H2,1H3,(H,15,20)(H,16,21). The number of carbonyl (C=O) groups excluding carboxylic acids is 3. The molecule has 0 saturated carbocycles. The molecule has 2 heterocycles. The Morgan fingerprint density at radius 3 is 2.71 bits per heavy atom. The molecule has 2 saturated heterocycles. The first-order chi connectivity index (χ1) is 10.0. The minimum absolute atomic E-state index is 0.0465. The summed E-state index contributed by atoms with van der Waals surface area (Å²) in [4.78, 5) is 37.9. The maximum atomic E-state index is 12.0. The molecule has 7 heteroatoms. The van der Waals surface area contributed by atoms with Crippen molar-refractivity contribution in [2.45, 2.75) is 13.0 Å². The average Bonchev–Trinajstić information content (AvgIpc) is 2.69. The number of nitrogens with zero attached hydrogens (tertiary/aromatic N) is 2. The first-order valence-electron chi connectivity index (χ1n) is 6.77. The van der Waals surface area contributed by atoms with Gasteiger partial charge in [-0.05, 0) is 24.6 Å². The fourth-order valence-corrected chi connectivity index (χ4v) is 2.51. The second-order valence-electron chi connectivity index (χ2n) is 5.28. The van der Waals surface area contributed by atoms with Gasteiger partial charge in [-0.15, -0.1) is 0 Å². The molecule has 0 radical (unpaired) electrons. The highest BCUT2D eigenvalue weighted by atomic mass is 16.2. The van der Waals surface area contributed by atoms with Gasteiger partial charge in [0.2, 0.25) is 5.91 Å². The van der Waals surface area contributed by atoms with Gasteiger partial charge in [0, 0.05) is 18.8 Å². The summed E-state index contributed by atoms with van der Waals surface area (Å²) in [5, 5.41) is 5.28. The fourth-order valence-electron chi connectivity index (χ4n) is 2.51. The van der Waals surface area contributed by atoms with E-state index in [0.717, 1.165) is 11.3 Å². The summed E-state index contributed by atoms with van der Waals surface area (Å²) in [6, 6.07) is 6.71. The van der Waals surface area contributed by atoms with Gasteiger partial charge >= 0.3 is 12.1 Å². The second-order valence-corrected chi connectivity index (χ2v) is 5.28. The lowest BCUT2D eigenvalue weighted by molar-refractivity contribution is -0.128. The molecule has 5 amide bonds. The van der Waals surface area contributed by atoms with Crippen LogP contribution in [-0.4, -0.2) is 53.4 Å². The highest BCUT2D eigenvalue weighted by Gasteiger charge is 2.42. The van der Waals surface area contributed by atoms with E-state index in [-0.39, 0.29) is 30.6 Å². The quantitative estimate of drug-likeness (QED) is 0.788. The van der Waals surface area contributed by atoms with Gasteiger partial charge in [0.05, 0.1) is 12.6 Å². The van der Waals surface area contributed by atoms with Crippen molar-refractivity contribution >= 4 is 23.7 Å². The zero-order chi connectivity index (χ0) is 15.0. The minimum Gasteiger partial charge on any atom is -0.329 e. The van der Waals surface area contributed by atoms with Crippen LogP contribution in [0, 0.1) is 6.92 Å². The SMILES string of the molecule is Cc1cccc(NC(=O)N2CC(N3C(=O)CNC3=O)C2)c1. The van der Waals surface area contributed by atoms with E-state index in [1.165, 1.54) is 4.90 Å². The molecule has 0 unspecified atom stereocenters. The third-order valence-electron chi connectivity index (χ3n) is 3.66. The summed E-state index contributed by atoms with van der Waals surface area (Å²) in [6.45, 7) is 2.74. The zero-order valence-electron chi connectivity index (χ0n) is 11.6. The van der Waals surface area contributed by atoms with Gasteiger partial charge in [0.1, 0.15) is 0 Å². The second kappa shape index (κ2) is 5.08. The number of carbonyl (C=O) groups is 3. The molecule has 2 aliphatic rings. The van der Waals surface area contributed by atoms with Gasteiger partial charge in [-0.25, -0.2) is 9.59 Å². The van der Waals surface area contributed by atoms with Crippen LogP contribution in [0.1, 0.15) is 5.56 Å². The predicted molar refractivity (Wildman–Crippen MR) is 75.8 cm³/mol. The molecular formula is C14H16N4O3. The van der Waals surface area contributed by atoms with Gasteiger partial charge < -0.3 is 15.5 Å². The first kappa shape index (κ1) is 13.4. The molecular weight excluding hydrogens is 272 g/mol. The summed E-state index contributed by atoms with van der Waals surface area (Å²) < 4.78 is 0. The predicted octanol–water partition coefficient (Wildman–Crippen LogP) is 0.763. The van der Waals surface area contributed by atoms with Crippen LogP contribution in [0.25, 0.3) is 0 Å². The van der Waals surface area contributed by atoms with Crippen molar-refractivity contribution < 1.29 is 14.4 Å². The molecule has 0 aromatic heterocycles. The Balaban J connectivity index is 1.55. The lowest BCUT2D eigenvalue weighted by Crippen LogP contribution is -2.63. The van der Waals surface area contributed by atoms with E-state index in [2.05, 4.69) is 10.6 Å². The van der Waals surface area contributed by atoms with Gasteiger partial charge in [-0.3, -0.25) is 9.69 Å². The molecule has 21 heavy (non-hydrogen) atoms. The third kappa shape index (κ3) is 2.54. The van der Waals surface area contributed by atoms with Crippen molar-refractivity contribution in [3.8, 4) is 0 Å². The normalized spacial score (nSPS) is 18.5. The number of nitrogens with one attached hydrogen (secondary N) is 2. The van der Waals surface area contributed by atoms with Crippen LogP contribution in [0.15, 0.2) is 24.3 Å². The Morgan fingerprint density at radius 2 is 2.10 bits per heavy atom. The van der Waals surface area contributed by atoms with Crippen LogP contribution in [0.4, 0.5) is 15.3 Å². The molecule has 2 fully saturated rings. The molecule has 1 aromatic carbocycles. The summed E-state index contributed by atoms with van der Waals surface area (Å²) in [7, 11) is 0. The third-order valence-corrected chi connectivity index (χ3v) is 3.66. The molecule has 2 aliphatic heterocycles. The number of benzene rings is 1. The summed E-state index contributed by atoms with van der Waals surface area (Å²) in [5.74, 6) is -0.233. The number of amides is 5. The Kier molecular flexibility index (Phi) is 3.25. The summed E-state index contributed by atoms with van der Waals surface area (Å²) in [5.41, 5.74) is 1.80. The number of aryl methyl sites for hydroxylation is 1. The van der Waals surface area contributed by atoms with Crippen molar-refractivity contribution in [1.29, 1.82) is 0 Å². The first-order valence-corrected chi connectivity index (χ1v) is 6.77. The molecule has 0 bridgehead atoms. The van der Waals surface area contributed by atoms with E-state index in [1.54, 1.807) is 4.90 Å². The maximum Gasteiger partial charge on any atom is 0.324 e. The van der Waals surface area contributed by atoms with Crippen molar-refractivity contribution in [3.63, 3.8) is 0 Å². The van der Waals surface area contributed by atoms with Gasteiger partial charge in [-0.1, -0.05) is 12.1 Å². The largest absolute Gasteiger partial charge is 0.329 e. The van der Waals surface area contributed by atoms with Crippen LogP contribution < -0.4 is 10.6 Å². The van der Waals surface area contributed by atoms with E-state index in [9.17, 15) is 14.4 Å². The Morgan fingerprint density at radius 1 is 1.33 bits per heavy atom. The molecule has 0 aliphatic carbocycles. The van der Waals surface area contributed by atoms with Crippen LogP contribution in [0.3, 0.4) is 0 Å². The van der Waals surface area contributed by atoms with Crippen LogP contribution in [-0.2, 0) is 4.79 Å². The molecule has 2 N–H and O–H groups in total. The van der Waals surface area contributed by atoms with Crippen LogP contribution in [0.5, 0.6) is 0 Å². The number of anilines is 1. The molecule has 3 rings (SSSR count). The lowest BCUT2D eigenvalue weighted by Gasteiger charge is -2.42. The van der Waals surface area contributed by atoms with Crippen molar-refractivity contribution in [2.24, 2.45) is 0 Å². The number of rotatable bonds is 2. The van der Waals surface area contributed by atoms with Gasteiger partial charge in [0.25, 0.3) is 0 Å². The Bertz CT molecular complexity index is 594. The zero-order valence-corrected chi connectivity index (χ0v) is 11.6. The lowest BCUT2D eigenvalue weighted by atomic mass is 10.1. The van der Waals surface area contributed by atoms with E-state index in [4.69, 9.17) is 0 Å². The number of imide groups is 1. The number of hydrogen-bond donors (Lipinski definition) is 2. The highest BCUT2D eigenvalue weighted by molar-refractivity contribution is 6.02. The molecule has 0 spiro atoms. The smallest absolute Gasteiger partial charge is 0.324 e. The minimum atomic E-state index is -0.372. The number of urea groups is 2. The fraction of sp³-hybridized carbons (Fsp3) is 0.357. The molecule has 7 nitrogen and oxygen atoms in total. The summed E-state index contributed by atoms with van der Waals surface area (Å²) >= 11 is 0. The van der Waals surface area contributed by atoms with Crippen molar-refractivity contribution in [1.82, 2.24) is 15.1 Å². The molecule has 1 aromatic rings. The molecule has 110 valence electrons. The van der Waals surface area contributed by atoms with E-state index >= 15 is 0 Å². The summed E-state index contributed by atoms with van der Waals surface area (Å²) in [6.07, 6.45) is 0. The van der Waals surface area contributed by atoms with E-state index in [1.807, 2.05) is 31.2 Å². The van der Waals surface area contributed by atoms with Crippen molar-refractivity contribution in [2.75, 3.05) is 25.0 Å². The highest BCUT2D eigenvalue weighted by Crippen LogP contribution is 2.19. The number of likely N-dealkylation sites (tertiary alicyclic amines) is 1. The Labute approximate surface area is 121 Å². The van der Waals surface area contributed by atoms with Crippen molar-refractivity contribution in [3.05, 3.63) is 29.8 Å². The monoisotopic (exact) mass is 288 g/mol. The van der Waals surface area contributed by atoms with E-state index < -0.39 is 0 Å².